The number of nitrogens with one attached hydrogen (secondary N) is 1. The maximum Gasteiger partial charge on any atom is 0.208 e. The molecular formula is C51H34N4O11. The van der Waals surface area contributed by atoms with Crippen molar-refractivity contribution in [2.45, 2.75) is 6.17 Å². The second-order valence-electron chi connectivity index (χ2n) is 15.7. The smallest absolute Gasteiger partial charge is 0.208 e. The highest BCUT2D eigenvalue weighted by Gasteiger charge is 2.32. The predicted molar refractivity (Wildman–Crippen MR) is 247 cm³/mol. The van der Waals surface area contributed by atoms with E-state index in [1.54, 1.807) is 34.9 Å². The van der Waals surface area contributed by atoms with Crippen LogP contribution in [-0.2, 0) is 0 Å². The maximum absolute atomic E-state index is 11.4. The van der Waals surface area contributed by atoms with Crippen LogP contribution in [0.3, 0.4) is 0 Å². The molecule has 0 aliphatic carbocycles. The minimum Gasteiger partial charge on any atom is -0.504 e. The summed E-state index contributed by atoms with van der Waals surface area (Å²) in [5, 5.41) is 114. The number of phenolic OH excluding ortho intramolecular Hbond substituents is 10. The average Bonchev–Trinajstić information content (AvgIpc) is 3.90. The number of rotatable bonds is 6. The Morgan fingerprint density at radius 1 is 0.455 bits per heavy atom. The van der Waals surface area contributed by atoms with Gasteiger partial charge in [-0.15, -0.1) is 0 Å². The van der Waals surface area contributed by atoms with Gasteiger partial charge in [0.2, 0.25) is 34.5 Å². The summed E-state index contributed by atoms with van der Waals surface area (Å²) in [6, 6.07) is 40.4. The van der Waals surface area contributed by atoms with E-state index in [1.807, 2.05) is 91.0 Å². The number of hydrogen-bond acceptors (Lipinski definition) is 14. The highest BCUT2D eigenvalue weighted by molar-refractivity contribution is 6.22. The number of aliphatic imine (C=N–C) groups is 2. The first-order valence-corrected chi connectivity index (χ1v) is 20.4. The number of furan rings is 1. The van der Waals surface area contributed by atoms with Crippen LogP contribution >= 0.6 is 0 Å². The normalized spacial score (nSPS) is 13.9. The van der Waals surface area contributed by atoms with E-state index in [9.17, 15) is 51.1 Å². The fourth-order valence-corrected chi connectivity index (χ4v) is 8.87. The van der Waals surface area contributed by atoms with E-state index < -0.39 is 74.8 Å². The third kappa shape index (κ3) is 5.70. The lowest BCUT2D eigenvalue weighted by Crippen LogP contribution is -2.33. The van der Waals surface area contributed by atoms with E-state index in [0.29, 0.717) is 50.4 Å². The zero-order valence-electron chi connectivity index (χ0n) is 34.0. The van der Waals surface area contributed by atoms with Crippen LogP contribution in [0.2, 0.25) is 0 Å². The van der Waals surface area contributed by atoms with Crippen molar-refractivity contribution in [3.63, 3.8) is 0 Å². The van der Waals surface area contributed by atoms with Crippen molar-refractivity contribution in [1.29, 1.82) is 0 Å². The molecule has 0 fully saturated rings. The summed E-state index contributed by atoms with van der Waals surface area (Å²) in [5.74, 6) is -10.2. The van der Waals surface area contributed by atoms with Crippen LogP contribution in [-0.4, -0.2) is 67.3 Å². The molecule has 15 nitrogen and oxygen atoms in total. The van der Waals surface area contributed by atoms with Crippen LogP contribution in [0, 0.1) is 0 Å². The van der Waals surface area contributed by atoms with Crippen molar-refractivity contribution < 1.29 is 55.5 Å². The van der Waals surface area contributed by atoms with E-state index in [4.69, 9.17) is 14.4 Å². The molecule has 0 spiro atoms. The van der Waals surface area contributed by atoms with Crippen molar-refractivity contribution in [2.24, 2.45) is 9.98 Å². The van der Waals surface area contributed by atoms with Crippen molar-refractivity contribution in [3.05, 3.63) is 150 Å². The number of benzene rings is 8. The van der Waals surface area contributed by atoms with Gasteiger partial charge in [0, 0.05) is 32.7 Å². The number of fused-ring (bicyclic) bond motifs is 6. The Labute approximate surface area is 371 Å². The lowest BCUT2D eigenvalue weighted by molar-refractivity contribution is 0.330. The summed E-state index contributed by atoms with van der Waals surface area (Å²) in [6.45, 7) is 0. The monoisotopic (exact) mass is 878 g/mol. The molecule has 324 valence electrons. The Kier molecular flexibility index (Phi) is 8.67. The van der Waals surface area contributed by atoms with Gasteiger partial charge in [0.1, 0.15) is 17.6 Å². The molecule has 0 bridgehead atoms. The Hall–Kier alpha value is -9.50. The van der Waals surface area contributed by atoms with Crippen LogP contribution < -0.4 is 5.32 Å². The van der Waals surface area contributed by atoms with Gasteiger partial charge in [0.15, 0.2) is 34.4 Å². The fraction of sp³-hybridized carbons (Fsp3) is 0.0196. The number of aromatic hydroxyl groups is 10. The zero-order valence-corrected chi connectivity index (χ0v) is 34.0. The van der Waals surface area contributed by atoms with Crippen molar-refractivity contribution >= 4 is 55.4 Å². The first-order valence-electron chi connectivity index (χ1n) is 20.4. The van der Waals surface area contributed by atoms with Gasteiger partial charge < -0.3 is 65.4 Å². The number of nitrogens with zero attached hydrogens (tertiary/aromatic N) is 3. The van der Waals surface area contributed by atoms with E-state index >= 15 is 0 Å². The summed E-state index contributed by atoms with van der Waals surface area (Å²) < 4.78 is 8.72. The van der Waals surface area contributed by atoms with E-state index in [2.05, 4.69) is 5.32 Å². The number of aromatic nitrogens is 1. The largest absolute Gasteiger partial charge is 0.504 e. The number of hydrogen-bond donors (Lipinski definition) is 11. The van der Waals surface area contributed by atoms with Crippen LogP contribution in [0.15, 0.2) is 148 Å². The Balaban J connectivity index is 1.21. The van der Waals surface area contributed by atoms with Crippen molar-refractivity contribution in [1.82, 2.24) is 9.88 Å². The Morgan fingerprint density at radius 2 is 1.00 bits per heavy atom. The molecular weight excluding hydrogens is 845 g/mol. The van der Waals surface area contributed by atoms with Gasteiger partial charge in [-0.2, -0.15) is 0 Å². The highest BCUT2D eigenvalue weighted by atomic mass is 16.4. The molecule has 1 aliphatic heterocycles. The molecule has 0 saturated carbocycles. The number of phenols is 10. The molecule has 66 heavy (non-hydrogen) atoms. The molecule has 3 heterocycles. The Morgan fingerprint density at radius 3 is 1.67 bits per heavy atom. The first kappa shape index (κ1) is 39.4. The van der Waals surface area contributed by atoms with Crippen LogP contribution in [0.4, 0.5) is 0 Å². The average molecular weight is 879 g/mol. The molecule has 2 aromatic heterocycles. The molecule has 15 heteroatoms. The standard InChI is InChI=1S/C51H34N4O11/c56-37-34(38(57)42(61)45(64)41(37)60)25-21-30(36-39(58)43(62)46(65)44(63)40(36)59)35-28-15-7-8-19-31(28)55(33(35)22-25)32-20-10-17-27-26-16-9-18-29(47(26)66-48(27)32)51-53-49(23-11-3-1-4-12-23)52-50(54-51)24-13-5-2-6-14-24/h1-22,49,56-65H,(H,52,53,54). The molecule has 1 atom stereocenters. The summed E-state index contributed by atoms with van der Waals surface area (Å²) >= 11 is 0. The van der Waals surface area contributed by atoms with Gasteiger partial charge in [-0.25, -0.2) is 9.98 Å². The van der Waals surface area contributed by atoms with Gasteiger partial charge in [0.25, 0.3) is 0 Å². The summed E-state index contributed by atoms with van der Waals surface area (Å²) in [7, 11) is 0. The molecule has 11 rings (SSSR count). The lowest BCUT2D eigenvalue weighted by Gasteiger charge is -2.23. The SMILES string of the molecule is Oc1c(O)c(O)c(-c2cc(-c3c(O)c(O)c(O)c(O)c3O)c3c4ccccc4n(-c4cccc5c4oc4c(C6=NC(c7ccccc7)=NC(c7ccccc7)N6)cccc45)c3c2)c(O)c1O. The van der Waals surface area contributed by atoms with E-state index in [1.165, 1.54) is 12.1 Å². The van der Waals surface area contributed by atoms with Gasteiger partial charge in [-0.3, -0.25) is 0 Å². The minimum atomic E-state index is -1.20. The van der Waals surface area contributed by atoms with Crippen molar-refractivity contribution in [2.75, 3.05) is 0 Å². The molecule has 11 N–H and O–H groups in total. The highest BCUT2D eigenvalue weighted by Crippen LogP contribution is 2.59. The summed E-state index contributed by atoms with van der Waals surface area (Å²) in [6.07, 6.45) is -0.488. The fourth-order valence-electron chi connectivity index (χ4n) is 8.87. The third-order valence-electron chi connectivity index (χ3n) is 12.0. The summed E-state index contributed by atoms with van der Waals surface area (Å²) in [4.78, 5) is 9.99. The molecule has 8 aromatic carbocycles. The van der Waals surface area contributed by atoms with Crippen LogP contribution in [0.5, 0.6) is 57.5 Å². The summed E-state index contributed by atoms with van der Waals surface area (Å²) in [5.41, 5.74) is 3.10. The lowest BCUT2D eigenvalue weighted by atomic mass is 9.91. The first-order chi connectivity index (χ1) is 31.9. The number of amidine groups is 2. The van der Waals surface area contributed by atoms with Gasteiger partial charge in [0.05, 0.1) is 33.4 Å². The second kappa shape index (κ2) is 14.5. The van der Waals surface area contributed by atoms with E-state index in [0.717, 1.165) is 16.5 Å². The van der Waals surface area contributed by atoms with E-state index in [-0.39, 0.29) is 22.0 Å². The second-order valence-corrected chi connectivity index (χ2v) is 15.7. The number of para-hydroxylation sites is 3. The predicted octanol–water partition coefficient (Wildman–Crippen LogP) is 9.57. The molecule has 0 amide bonds. The molecule has 1 aliphatic rings. The van der Waals surface area contributed by atoms with Gasteiger partial charge in [-0.05, 0) is 41.5 Å². The quantitative estimate of drug-likeness (QED) is 0.0551. The van der Waals surface area contributed by atoms with Crippen LogP contribution in [0.25, 0.3) is 71.7 Å². The Bertz CT molecular complexity index is 3690. The van der Waals surface area contributed by atoms with Crippen molar-refractivity contribution in [3.8, 4) is 85.4 Å². The maximum atomic E-state index is 11.4. The molecule has 1 unspecified atom stereocenters. The van der Waals surface area contributed by atoms with Gasteiger partial charge in [-0.1, -0.05) is 103 Å². The molecule has 10 aromatic rings. The third-order valence-corrected chi connectivity index (χ3v) is 12.0. The minimum absolute atomic E-state index is 0.117. The van der Waals surface area contributed by atoms with Crippen LogP contribution in [0.1, 0.15) is 22.9 Å². The molecule has 0 saturated heterocycles. The molecule has 0 radical (unpaired) electrons. The topological polar surface area (TPSA) is 257 Å². The zero-order chi connectivity index (χ0) is 45.7. The van der Waals surface area contributed by atoms with Gasteiger partial charge >= 0.3 is 0 Å².